The van der Waals surface area contributed by atoms with E-state index in [-0.39, 0.29) is 6.61 Å². The molecule has 25 heavy (non-hydrogen) atoms. The van der Waals surface area contributed by atoms with Crippen molar-refractivity contribution in [1.29, 1.82) is 0 Å². The molecule has 0 bridgehead atoms. The van der Waals surface area contributed by atoms with Crippen molar-refractivity contribution in [2.45, 2.75) is 25.9 Å². The fourth-order valence-corrected chi connectivity index (χ4v) is 3.22. The maximum atomic E-state index is 13.6. The third kappa shape index (κ3) is 4.55. The maximum Gasteiger partial charge on any atom is 0.163 e. The van der Waals surface area contributed by atoms with Crippen LogP contribution in [0.2, 0.25) is 0 Å². The van der Waals surface area contributed by atoms with E-state index in [0.29, 0.717) is 24.6 Å². The van der Waals surface area contributed by atoms with Crippen LogP contribution in [0.4, 0.5) is 14.5 Å². The van der Waals surface area contributed by atoms with Gasteiger partial charge in [0, 0.05) is 44.0 Å². The van der Waals surface area contributed by atoms with Gasteiger partial charge in [-0.2, -0.15) is 0 Å². The SMILES string of the molecule is OCC1CCN(c2ccc(CNCc3cccc(F)c3F)cc2)CC1. The van der Waals surface area contributed by atoms with E-state index in [1.54, 1.807) is 6.07 Å². The highest BCUT2D eigenvalue weighted by molar-refractivity contribution is 5.48. The minimum Gasteiger partial charge on any atom is -0.396 e. The van der Waals surface area contributed by atoms with E-state index in [1.165, 1.54) is 11.8 Å². The highest BCUT2D eigenvalue weighted by atomic mass is 19.2. The molecule has 5 heteroatoms. The number of nitrogens with one attached hydrogen (secondary N) is 1. The van der Waals surface area contributed by atoms with Crippen molar-refractivity contribution in [3.63, 3.8) is 0 Å². The zero-order chi connectivity index (χ0) is 17.6. The van der Waals surface area contributed by atoms with Gasteiger partial charge in [-0.05, 0) is 42.5 Å². The summed E-state index contributed by atoms with van der Waals surface area (Å²) in [6, 6.07) is 12.5. The molecule has 2 N–H and O–H groups in total. The summed E-state index contributed by atoms with van der Waals surface area (Å²) in [5.41, 5.74) is 2.63. The van der Waals surface area contributed by atoms with Gasteiger partial charge in [-0.15, -0.1) is 0 Å². The Morgan fingerprint density at radius 1 is 1.00 bits per heavy atom. The van der Waals surface area contributed by atoms with Gasteiger partial charge in [-0.25, -0.2) is 8.78 Å². The summed E-state index contributed by atoms with van der Waals surface area (Å²) in [4.78, 5) is 2.34. The highest BCUT2D eigenvalue weighted by Gasteiger charge is 2.18. The molecule has 1 saturated heterocycles. The summed E-state index contributed by atoms with van der Waals surface area (Å²) in [6.07, 6.45) is 2.05. The van der Waals surface area contributed by atoms with Crippen molar-refractivity contribution in [2.75, 3.05) is 24.6 Å². The van der Waals surface area contributed by atoms with Crippen LogP contribution in [-0.4, -0.2) is 24.8 Å². The molecule has 0 unspecified atom stereocenters. The number of piperidine rings is 1. The summed E-state index contributed by atoms with van der Waals surface area (Å²) < 4.78 is 26.8. The number of aliphatic hydroxyl groups is 1. The Morgan fingerprint density at radius 3 is 2.40 bits per heavy atom. The second kappa shape index (κ2) is 8.41. The highest BCUT2D eigenvalue weighted by Crippen LogP contribution is 2.23. The summed E-state index contributed by atoms with van der Waals surface area (Å²) in [6.45, 7) is 3.12. The molecule has 3 rings (SSSR count). The van der Waals surface area contributed by atoms with E-state index < -0.39 is 11.6 Å². The first-order valence-electron chi connectivity index (χ1n) is 8.75. The van der Waals surface area contributed by atoms with Crippen LogP contribution >= 0.6 is 0 Å². The van der Waals surface area contributed by atoms with Gasteiger partial charge < -0.3 is 15.3 Å². The minimum absolute atomic E-state index is 0.282. The largest absolute Gasteiger partial charge is 0.396 e. The van der Waals surface area contributed by atoms with Gasteiger partial charge in [0.05, 0.1) is 0 Å². The summed E-state index contributed by atoms with van der Waals surface area (Å²) in [7, 11) is 0. The molecular weight excluding hydrogens is 322 g/mol. The van der Waals surface area contributed by atoms with Gasteiger partial charge in [0.2, 0.25) is 0 Å². The Bertz CT molecular complexity index is 683. The van der Waals surface area contributed by atoms with Crippen LogP contribution in [0.3, 0.4) is 0 Å². The fourth-order valence-electron chi connectivity index (χ4n) is 3.22. The van der Waals surface area contributed by atoms with Crippen molar-refractivity contribution in [3.8, 4) is 0 Å². The van der Waals surface area contributed by atoms with Crippen LogP contribution in [0.5, 0.6) is 0 Å². The van der Waals surface area contributed by atoms with Crippen LogP contribution < -0.4 is 10.2 Å². The number of anilines is 1. The van der Waals surface area contributed by atoms with E-state index in [4.69, 9.17) is 0 Å². The molecule has 0 atom stereocenters. The molecule has 1 fully saturated rings. The number of aliphatic hydroxyl groups excluding tert-OH is 1. The summed E-state index contributed by atoms with van der Waals surface area (Å²) >= 11 is 0. The predicted molar refractivity (Wildman–Crippen MR) is 95.4 cm³/mol. The van der Waals surface area contributed by atoms with Crippen LogP contribution in [0.1, 0.15) is 24.0 Å². The quantitative estimate of drug-likeness (QED) is 0.841. The lowest BCUT2D eigenvalue weighted by Gasteiger charge is -2.33. The molecule has 1 heterocycles. The topological polar surface area (TPSA) is 35.5 Å². The maximum absolute atomic E-state index is 13.6. The lowest BCUT2D eigenvalue weighted by atomic mass is 9.97. The van der Waals surface area contributed by atoms with Crippen molar-refractivity contribution in [3.05, 3.63) is 65.2 Å². The van der Waals surface area contributed by atoms with Gasteiger partial charge >= 0.3 is 0 Å². The van der Waals surface area contributed by atoms with Gasteiger partial charge in [0.15, 0.2) is 11.6 Å². The molecule has 0 saturated carbocycles. The molecule has 134 valence electrons. The summed E-state index contributed by atoms with van der Waals surface area (Å²) in [5, 5.41) is 12.4. The molecule has 0 spiro atoms. The normalized spacial score (nSPS) is 15.6. The standard InChI is InChI=1S/C20H24F2N2O/c21-19-3-1-2-17(20(19)22)13-23-12-15-4-6-18(7-5-15)24-10-8-16(14-25)9-11-24/h1-7,16,23,25H,8-14H2. The molecule has 1 aliphatic heterocycles. The van der Waals surface area contributed by atoms with Crippen molar-refractivity contribution < 1.29 is 13.9 Å². The number of rotatable bonds is 6. The first-order chi connectivity index (χ1) is 12.2. The van der Waals surface area contributed by atoms with Crippen LogP contribution in [0, 0.1) is 17.6 Å². The van der Waals surface area contributed by atoms with E-state index in [0.717, 1.165) is 37.6 Å². The lowest BCUT2D eigenvalue weighted by molar-refractivity contribution is 0.203. The average molecular weight is 346 g/mol. The average Bonchev–Trinajstić information content (AvgIpc) is 2.66. The third-order valence-corrected chi connectivity index (χ3v) is 4.85. The van der Waals surface area contributed by atoms with E-state index in [9.17, 15) is 13.9 Å². The number of hydrogen-bond donors (Lipinski definition) is 2. The zero-order valence-corrected chi connectivity index (χ0v) is 14.2. The lowest BCUT2D eigenvalue weighted by Crippen LogP contribution is -2.34. The fraction of sp³-hybridized carbons (Fsp3) is 0.400. The van der Waals surface area contributed by atoms with Crippen molar-refractivity contribution in [2.24, 2.45) is 5.92 Å². The Labute approximate surface area is 147 Å². The van der Waals surface area contributed by atoms with Crippen LogP contribution in [-0.2, 0) is 13.1 Å². The first kappa shape index (κ1) is 17.8. The van der Waals surface area contributed by atoms with Gasteiger partial charge in [0.25, 0.3) is 0 Å². The Hall–Kier alpha value is -1.98. The molecular formula is C20H24F2N2O. The summed E-state index contributed by atoms with van der Waals surface area (Å²) in [5.74, 6) is -1.16. The molecule has 2 aromatic carbocycles. The monoisotopic (exact) mass is 346 g/mol. The molecule has 1 aliphatic rings. The smallest absolute Gasteiger partial charge is 0.163 e. The van der Waals surface area contributed by atoms with Crippen molar-refractivity contribution >= 4 is 5.69 Å². The van der Waals surface area contributed by atoms with Gasteiger partial charge in [-0.3, -0.25) is 0 Å². The second-order valence-corrected chi connectivity index (χ2v) is 6.60. The number of benzene rings is 2. The molecule has 0 amide bonds. The number of nitrogens with zero attached hydrogens (tertiary/aromatic N) is 1. The first-order valence-corrected chi connectivity index (χ1v) is 8.75. The van der Waals surface area contributed by atoms with Crippen LogP contribution in [0.15, 0.2) is 42.5 Å². The predicted octanol–water partition coefficient (Wildman–Crippen LogP) is 3.46. The second-order valence-electron chi connectivity index (χ2n) is 6.60. The molecule has 0 radical (unpaired) electrons. The number of halogens is 2. The molecule has 2 aromatic rings. The minimum atomic E-state index is -0.811. The molecule has 3 nitrogen and oxygen atoms in total. The Kier molecular flexibility index (Phi) is 6.00. The van der Waals surface area contributed by atoms with Crippen LogP contribution in [0.25, 0.3) is 0 Å². The molecule has 0 aromatic heterocycles. The van der Waals surface area contributed by atoms with Gasteiger partial charge in [0.1, 0.15) is 0 Å². The zero-order valence-electron chi connectivity index (χ0n) is 14.2. The van der Waals surface area contributed by atoms with Crippen molar-refractivity contribution in [1.82, 2.24) is 5.32 Å². The third-order valence-electron chi connectivity index (χ3n) is 4.85. The van der Waals surface area contributed by atoms with E-state index >= 15 is 0 Å². The van der Waals surface area contributed by atoms with E-state index in [2.05, 4.69) is 34.5 Å². The van der Waals surface area contributed by atoms with Gasteiger partial charge in [-0.1, -0.05) is 24.3 Å². The Balaban J connectivity index is 1.50. The Morgan fingerprint density at radius 2 is 1.72 bits per heavy atom. The number of hydrogen-bond acceptors (Lipinski definition) is 3. The van der Waals surface area contributed by atoms with E-state index in [1.807, 2.05) is 0 Å². The molecule has 0 aliphatic carbocycles.